The van der Waals surface area contributed by atoms with Crippen LogP contribution in [-0.2, 0) is 6.54 Å². The van der Waals surface area contributed by atoms with Crippen molar-refractivity contribution in [3.05, 3.63) is 78.6 Å². The highest BCUT2D eigenvalue weighted by Gasteiger charge is 2.27. The van der Waals surface area contributed by atoms with Crippen molar-refractivity contribution in [3.63, 3.8) is 0 Å². The third-order valence-corrected chi connectivity index (χ3v) is 6.71. The first-order valence-corrected chi connectivity index (χ1v) is 11.3. The van der Waals surface area contributed by atoms with Crippen LogP contribution >= 0.6 is 0 Å². The number of aromatic nitrogens is 2. The Morgan fingerprint density at radius 2 is 1.48 bits per heavy atom. The average Bonchev–Trinajstić information content (AvgIpc) is 3.14. The van der Waals surface area contributed by atoms with Gasteiger partial charge in [-0.2, -0.15) is 0 Å². The Hall–Kier alpha value is -3.11. The average molecular weight is 411 g/mol. The van der Waals surface area contributed by atoms with E-state index in [4.69, 9.17) is 10.7 Å². The van der Waals surface area contributed by atoms with Gasteiger partial charge in [-0.25, -0.2) is 4.98 Å². The van der Waals surface area contributed by atoms with Gasteiger partial charge in [-0.15, -0.1) is 0 Å². The van der Waals surface area contributed by atoms with Gasteiger partial charge in [0, 0.05) is 36.1 Å². The number of hydrogen-bond acceptors (Lipinski definition) is 3. The van der Waals surface area contributed by atoms with Gasteiger partial charge >= 0.3 is 0 Å². The molecule has 3 heterocycles. The lowest BCUT2D eigenvalue weighted by atomic mass is 9.96. The fourth-order valence-corrected chi connectivity index (χ4v) is 4.90. The first-order valence-electron chi connectivity index (χ1n) is 11.3. The number of benzene rings is 2. The molecule has 1 aliphatic heterocycles. The zero-order valence-electron chi connectivity index (χ0n) is 18.3. The van der Waals surface area contributed by atoms with E-state index in [1.807, 2.05) is 18.3 Å². The maximum atomic E-state index is 6.15. The molecule has 2 N–H and O–H groups in total. The van der Waals surface area contributed by atoms with E-state index >= 15 is 0 Å². The van der Waals surface area contributed by atoms with Crippen molar-refractivity contribution in [3.8, 4) is 22.4 Å². The topological polar surface area (TPSA) is 46.6 Å². The molecule has 5 rings (SSSR count). The largest absolute Gasteiger partial charge is 0.398 e. The number of likely N-dealkylation sites (tertiary alicyclic amines) is 1. The molecular formula is C27H30N4. The van der Waals surface area contributed by atoms with Crippen molar-refractivity contribution in [1.82, 2.24) is 14.3 Å². The zero-order valence-corrected chi connectivity index (χ0v) is 18.3. The van der Waals surface area contributed by atoms with Gasteiger partial charge < -0.3 is 10.1 Å². The quantitative estimate of drug-likeness (QED) is 0.448. The summed E-state index contributed by atoms with van der Waals surface area (Å²) in [5, 5.41) is 0. The molecule has 31 heavy (non-hydrogen) atoms. The molecule has 2 atom stereocenters. The number of pyridine rings is 1. The lowest BCUT2D eigenvalue weighted by Gasteiger charge is -2.39. The molecule has 4 aromatic rings. The second kappa shape index (κ2) is 8.20. The summed E-state index contributed by atoms with van der Waals surface area (Å²) < 4.78 is 2.18. The van der Waals surface area contributed by atoms with Gasteiger partial charge in [0.25, 0.3) is 0 Å². The highest BCUT2D eigenvalue weighted by atomic mass is 15.2. The van der Waals surface area contributed by atoms with Crippen LogP contribution in [0.15, 0.2) is 72.9 Å². The van der Waals surface area contributed by atoms with E-state index < -0.39 is 0 Å². The summed E-state index contributed by atoms with van der Waals surface area (Å²) >= 11 is 0. The molecule has 1 fully saturated rings. The standard InChI is InChI=1S/C27H30N4/c1-19-7-6-8-20(2)30(19)18-25-27(29-26-16-15-24(28)17-31(25)26)23-13-11-22(12-14-23)21-9-4-3-5-10-21/h3-5,9-17,19-20H,6-8,18,28H2,1-2H3. The Morgan fingerprint density at radius 1 is 0.839 bits per heavy atom. The minimum atomic E-state index is 0.573. The van der Waals surface area contributed by atoms with E-state index in [0.29, 0.717) is 12.1 Å². The number of rotatable bonds is 4. The van der Waals surface area contributed by atoms with E-state index in [9.17, 15) is 0 Å². The maximum absolute atomic E-state index is 6.15. The van der Waals surface area contributed by atoms with Crippen molar-refractivity contribution < 1.29 is 0 Å². The Labute approximate surface area is 184 Å². The summed E-state index contributed by atoms with van der Waals surface area (Å²) in [6.07, 6.45) is 5.83. The SMILES string of the molecule is CC1CCCC(C)N1Cc1c(-c2ccc(-c3ccccc3)cc2)nc2ccc(N)cn12. The van der Waals surface area contributed by atoms with Gasteiger partial charge in [0.05, 0.1) is 11.4 Å². The van der Waals surface area contributed by atoms with Crippen molar-refractivity contribution >= 4 is 11.3 Å². The number of nitrogens with two attached hydrogens (primary N) is 1. The van der Waals surface area contributed by atoms with Crippen LogP contribution in [0.25, 0.3) is 28.0 Å². The molecule has 4 nitrogen and oxygen atoms in total. The molecule has 0 radical (unpaired) electrons. The molecule has 2 aromatic heterocycles. The van der Waals surface area contributed by atoms with Gasteiger partial charge in [0.2, 0.25) is 0 Å². The Bertz CT molecular complexity index is 1170. The first-order chi connectivity index (χ1) is 15.1. The molecule has 158 valence electrons. The van der Waals surface area contributed by atoms with E-state index in [1.54, 1.807) is 0 Å². The van der Waals surface area contributed by atoms with Gasteiger partial charge in [-0.3, -0.25) is 4.90 Å². The molecule has 4 heteroatoms. The van der Waals surface area contributed by atoms with Crippen molar-refractivity contribution in [2.45, 2.75) is 51.7 Å². The highest BCUT2D eigenvalue weighted by molar-refractivity contribution is 5.72. The van der Waals surface area contributed by atoms with Crippen molar-refractivity contribution in [2.24, 2.45) is 0 Å². The number of hydrogen-bond donors (Lipinski definition) is 1. The highest BCUT2D eigenvalue weighted by Crippen LogP contribution is 2.31. The summed E-state index contributed by atoms with van der Waals surface area (Å²) in [7, 11) is 0. The fraction of sp³-hybridized carbons (Fsp3) is 0.296. The molecule has 0 spiro atoms. The van der Waals surface area contributed by atoms with Crippen molar-refractivity contribution in [2.75, 3.05) is 5.73 Å². The third-order valence-electron chi connectivity index (χ3n) is 6.71. The molecular weight excluding hydrogens is 380 g/mol. The van der Waals surface area contributed by atoms with Gasteiger partial charge in [0.1, 0.15) is 5.65 Å². The number of nitrogens with zero attached hydrogens (tertiary/aromatic N) is 3. The molecule has 0 amide bonds. The van der Waals surface area contributed by atoms with Gasteiger partial charge in [-0.05, 0) is 49.9 Å². The smallest absolute Gasteiger partial charge is 0.137 e. The Kier molecular flexibility index (Phi) is 5.24. The molecule has 1 aliphatic rings. The minimum Gasteiger partial charge on any atom is -0.398 e. The minimum absolute atomic E-state index is 0.573. The van der Waals surface area contributed by atoms with Crippen molar-refractivity contribution in [1.29, 1.82) is 0 Å². The number of fused-ring (bicyclic) bond motifs is 1. The van der Waals surface area contributed by atoms with Gasteiger partial charge in [0.15, 0.2) is 0 Å². The van der Waals surface area contributed by atoms with Crippen LogP contribution in [0.5, 0.6) is 0 Å². The van der Waals surface area contributed by atoms with E-state index in [0.717, 1.165) is 29.1 Å². The molecule has 2 unspecified atom stereocenters. The van der Waals surface area contributed by atoms with Crippen LogP contribution in [0.3, 0.4) is 0 Å². The van der Waals surface area contributed by atoms with Crippen LogP contribution in [-0.4, -0.2) is 26.4 Å². The lowest BCUT2D eigenvalue weighted by molar-refractivity contribution is 0.0937. The predicted octanol–water partition coefficient (Wildman–Crippen LogP) is 6.01. The number of nitrogen functional groups attached to an aromatic ring is 1. The van der Waals surface area contributed by atoms with Crippen LogP contribution in [0.1, 0.15) is 38.8 Å². The predicted molar refractivity (Wildman–Crippen MR) is 129 cm³/mol. The zero-order chi connectivity index (χ0) is 21.4. The summed E-state index contributed by atoms with van der Waals surface area (Å²) in [5.74, 6) is 0. The van der Waals surface area contributed by atoms with Crippen LogP contribution in [0.4, 0.5) is 5.69 Å². The maximum Gasteiger partial charge on any atom is 0.137 e. The third kappa shape index (κ3) is 3.84. The van der Waals surface area contributed by atoms with E-state index in [1.165, 1.54) is 36.1 Å². The van der Waals surface area contributed by atoms with Crippen LogP contribution in [0, 0.1) is 0 Å². The summed E-state index contributed by atoms with van der Waals surface area (Å²) in [6.45, 7) is 5.58. The number of anilines is 1. The molecule has 0 bridgehead atoms. The summed E-state index contributed by atoms with van der Waals surface area (Å²) in [6, 6.07) is 24.4. The Balaban J connectivity index is 1.57. The molecule has 0 saturated carbocycles. The summed E-state index contributed by atoms with van der Waals surface area (Å²) in [5.41, 5.74) is 13.7. The van der Waals surface area contributed by atoms with Crippen LogP contribution < -0.4 is 5.73 Å². The Morgan fingerprint density at radius 3 is 2.19 bits per heavy atom. The molecule has 2 aromatic carbocycles. The second-order valence-corrected chi connectivity index (χ2v) is 8.84. The normalized spacial score (nSPS) is 19.7. The fourth-order valence-electron chi connectivity index (χ4n) is 4.90. The number of imidazole rings is 1. The monoisotopic (exact) mass is 410 g/mol. The molecule has 0 aliphatic carbocycles. The molecule has 1 saturated heterocycles. The summed E-state index contributed by atoms with van der Waals surface area (Å²) in [4.78, 5) is 7.65. The number of piperidine rings is 1. The van der Waals surface area contributed by atoms with E-state index in [-0.39, 0.29) is 0 Å². The second-order valence-electron chi connectivity index (χ2n) is 8.84. The lowest BCUT2D eigenvalue weighted by Crippen LogP contribution is -2.43. The first kappa shape index (κ1) is 19.8. The van der Waals surface area contributed by atoms with Crippen LogP contribution in [0.2, 0.25) is 0 Å². The van der Waals surface area contributed by atoms with Gasteiger partial charge in [-0.1, -0.05) is 61.0 Å². The van der Waals surface area contributed by atoms with E-state index in [2.05, 4.69) is 77.7 Å².